The van der Waals surface area contributed by atoms with Gasteiger partial charge in [-0.15, -0.1) is 0 Å². The zero-order valence-corrected chi connectivity index (χ0v) is 13.0. The molecule has 0 aliphatic rings. The van der Waals surface area contributed by atoms with Crippen LogP contribution in [0.2, 0.25) is 0 Å². The van der Waals surface area contributed by atoms with Crippen LogP contribution in [-0.2, 0) is 7.05 Å². The number of aromatic nitrogens is 2. The summed E-state index contributed by atoms with van der Waals surface area (Å²) in [5.41, 5.74) is 1.91. The number of carbonyl (C=O) groups is 1. The second-order valence-electron chi connectivity index (χ2n) is 5.16. The average Bonchev–Trinajstić information content (AvgIpc) is 2.89. The third-order valence-electron chi connectivity index (χ3n) is 3.34. The highest BCUT2D eigenvalue weighted by Crippen LogP contribution is 2.29. The third-order valence-corrected chi connectivity index (χ3v) is 3.34. The number of nitrogens with zero attached hydrogens (tertiary/aromatic N) is 2. The molecule has 1 aromatic heterocycles. The van der Waals surface area contributed by atoms with Gasteiger partial charge in [0.2, 0.25) is 0 Å². The lowest BCUT2D eigenvalue weighted by Crippen LogP contribution is -2.16. The zero-order valence-electron chi connectivity index (χ0n) is 13.0. The molecule has 3 aromatic rings. The van der Waals surface area contributed by atoms with Crippen molar-refractivity contribution in [3.05, 3.63) is 72.1 Å². The summed E-state index contributed by atoms with van der Waals surface area (Å²) < 4.78 is 7.41. The quantitative estimate of drug-likeness (QED) is 0.798. The minimum atomic E-state index is -0.225. The molecule has 0 bridgehead atoms. The Kier molecular flexibility index (Phi) is 4.10. The molecule has 5 nitrogen and oxygen atoms in total. The van der Waals surface area contributed by atoms with E-state index in [2.05, 4.69) is 10.4 Å². The molecule has 0 saturated heterocycles. The van der Waals surface area contributed by atoms with Crippen molar-refractivity contribution >= 4 is 11.6 Å². The lowest BCUT2D eigenvalue weighted by atomic mass is 10.2. The molecule has 3 rings (SSSR count). The molecule has 0 unspecified atom stereocenters. The van der Waals surface area contributed by atoms with Crippen molar-refractivity contribution in [1.29, 1.82) is 0 Å². The predicted octanol–water partition coefficient (Wildman–Crippen LogP) is 3.77. The fourth-order valence-corrected chi connectivity index (χ4v) is 2.28. The van der Waals surface area contributed by atoms with Gasteiger partial charge in [-0.2, -0.15) is 5.10 Å². The van der Waals surface area contributed by atoms with E-state index in [-0.39, 0.29) is 5.91 Å². The number of benzene rings is 2. The van der Waals surface area contributed by atoms with Crippen molar-refractivity contribution in [1.82, 2.24) is 9.78 Å². The van der Waals surface area contributed by atoms with Gasteiger partial charge in [0.15, 0.2) is 5.75 Å². The van der Waals surface area contributed by atoms with Crippen molar-refractivity contribution in [2.24, 2.45) is 7.05 Å². The average molecular weight is 307 g/mol. The number of nitrogens with one attached hydrogen (secondary N) is 1. The second-order valence-corrected chi connectivity index (χ2v) is 5.16. The summed E-state index contributed by atoms with van der Waals surface area (Å²) in [6.45, 7) is 1.85. The number of hydrogen-bond acceptors (Lipinski definition) is 3. The van der Waals surface area contributed by atoms with E-state index in [1.54, 1.807) is 23.9 Å². The maximum absolute atomic E-state index is 12.4. The number of rotatable bonds is 4. The highest BCUT2D eigenvalue weighted by atomic mass is 16.5. The predicted molar refractivity (Wildman–Crippen MR) is 88.9 cm³/mol. The first-order valence-electron chi connectivity index (χ1n) is 7.27. The number of ether oxygens (including phenoxy) is 1. The van der Waals surface area contributed by atoms with Gasteiger partial charge in [-0.25, -0.2) is 0 Å². The van der Waals surface area contributed by atoms with Crippen molar-refractivity contribution < 1.29 is 9.53 Å². The fourth-order valence-electron chi connectivity index (χ4n) is 2.28. The van der Waals surface area contributed by atoms with Crippen LogP contribution in [0.5, 0.6) is 11.5 Å². The van der Waals surface area contributed by atoms with Crippen molar-refractivity contribution in [3.8, 4) is 11.5 Å². The molecule has 0 atom stereocenters. The zero-order chi connectivity index (χ0) is 16.2. The van der Waals surface area contributed by atoms with Gasteiger partial charge < -0.3 is 10.1 Å². The van der Waals surface area contributed by atoms with Gasteiger partial charge in [0.05, 0.1) is 11.4 Å². The van der Waals surface area contributed by atoms with Crippen molar-refractivity contribution in [2.75, 3.05) is 5.32 Å². The summed E-state index contributed by atoms with van der Waals surface area (Å²) in [6.07, 6.45) is 0. The Morgan fingerprint density at radius 1 is 1.09 bits per heavy atom. The van der Waals surface area contributed by atoms with Gasteiger partial charge in [-0.3, -0.25) is 9.48 Å². The Morgan fingerprint density at radius 2 is 1.78 bits per heavy atom. The number of hydrogen-bond donors (Lipinski definition) is 1. The second kappa shape index (κ2) is 6.36. The van der Waals surface area contributed by atoms with E-state index in [1.807, 2.05) is 55.5 Å². The Bertz CT molecular complexity index is 825. The van der Waals surface area contributed by atoms with Crippen LogP contribution in [0, 0.1) is 6.92 Å². The molecule has 23 heavy (non-hydrogen) atoms. The summed E-state index contributed by atoms with van der Waals surface area (Å²) in [7, 11) is 1.74. The number of para-hydroxylation sites is 3. The summed E-state index contributed by atoms with van der Waals surface area (Å²) >= 11 is 0. The Labute approximate surface area is 134 Å². The van der Waals surface area contributed by atoms with Gasteiger partial charge in [0.25, 0.3) is 5.91 Å². The van der Waals surface area contributed by atoms with Crippen molar-refractivity contribution in [2.45, 2.75) is 6.92 Å². The molecule has 5 heteroatoms. The highest BCUT2D eigenvalue weighted by Gasteiger charge is 2.14. The molecular weight excluding hydrogens is 290 g/mol. The highest BCUT2D eigenvalue weighted by molar-refractivity contribution is 6.04. The van der Waals surface area contributed by atoms with Crippen LogP contribution in [0.15, 0.2) is 60.7 Å². The first-order valence-corrected chi connectivity index (χ1v) is 7.27. The van der Waals surface area contributed by atoms with E-state index in [0.29, 0.717) is 22.9 Å². The van der Waals surface area contributed by atoms with Crippen LogP contribution >= 0.6 is 0 Å². The Hall–Kier alpha value is -3.08. The van der Waals surface area contributed by atoms with E-state index in [4.69, 9.17) is 4.74 Å². The maximum atomic E-state index is 12.4. The van der Waals surface area contributed by atoms with Gasteiger partial charge in [0, 0.05) is 7.05 Å². The lowest BCUT2D eigenvalue weighted by molar-refractivity contribution is 0.101. The van der Waals surface area contributed by atoms with Crippen LogP contribution < -0.4 is 10.1 Å². The summed E-state index contributed by atoms with van der Waals surface area (Å²) in [5.74, 6) is 1.08. The molecular formula is C18H17N3O2. The minimum absolute atomic E-state index is 0.225. The summed E-state index contributed by atoms with van der Waals surface area (Å²) in [6, 6.07) is 18.5. The number of aryl methyl sites for hydroxylation is 2. The topological polar surface area (TPSA) is 56.1 Å². The van der Waals surface area contributed by atoms with E-state index < -0.39 is 0 Å². The Balaban J connectivity index is 1.83. The fraction of sp³-hybridized carbons (Fsp3) is 0.111. The number of anilines is 1. The Morgan fingerprint density at radius 3 is 2.48 bits per heavy atom. The van der Waals surface area contributed by atoms with Gasteiger partial charge >= 0.3 is 0 Å². The van der Waals surface area contributed by atoms with E-state index >= 15 is 0 Å². The van der Waals surface area contributed by atoms with Crippen LogP contribution in [0.25, 0.3) is 0 Å². The SMILES string of the molecule is Cc1cc(C(=O)Nc2ccccc2Oc2ccccc2)n(C)n1. The van der Waals surface area contributed by atoms with E-state index in [0.717, 1.165) is 5.69 Å². The molecule has 2 aromatic carbocycles. The molecule has 0 spiro atoms. The van der Waals surface area contributed by atoms with E-state index in [1.165, 1.54) is 0 Å². The molecule has 0 aliphatic heterocycles. The molecule has 1 amide bonds. The minimum Gasteiger partial charge on any atom is -0.455 e. The lowest BCUT2D eigenvalue weighted by Gasteiger charge is -2.12. The normalized spacial score (nSPS) is 10.3. The molecule has 0 fully saturated rings. The molecule has 116 valence electrons. The van der Waals surface area contributed by atoms with Gasteiger partial charge in [-0.05, 0) is 37.3 Å². The maximum Gasteiger partial charge on any atom is 0.274 e. The van der Waals surface area contributed by atoms with Crippen LogP contribution in [0.3, 0.4) is 0 Å². The largest absolute Gasteiger partial charge is 0.455 e. The smallest absolute Gasteiger partial charge is 0.274 e. The summed E-state index contributed by atoms with van der Waals surface area (Å²) in [5, 5.41) is 7.06. The van der Waals surface area contributed by atoms with E-state index in [9.17, 15) is 4.79 Å². The molecule has 0 aliphatic carbocycles. The summed E-state index contributed by atoms with van der Waals surface area (Å²) in [4.78, 5) is 12.4. The van der Waals surface area contributed by atoms with Gasteiger partial charge in [0.1, 0.15) is 11.4 Å². The third kappa shape index (κ3) is 3.40. The van der Waals surface area contributed by atoms with Crippen molar-refractivity contribution in [3.63, 3.8) is 0 Å². The molecule has 0 radical (unpaired) electrons. The van der Waals surface area contributed by atoms with Crippen LogP contribution in [0.4, 0.5) is 5.69 Å². The number of carbonyl (C=O) groups excluding carboxylic acids is 1. The molecule has 1 N–H and O–H groups in total. The van der Waals surface area contributed by atoms with Crippen LogP contribution in [-0.4, -0.2) is 15.7 Å². The molecule has 0 saturated carbocycles. The first-order chi connectivity index (χ1) is 11.1. The first kappa shape index (κ1) is 14.8. The standard InChI is InChI=1S/C18H17N3O2/c1-13-12-16(21(2)20-13)18(22)19-15-10-6-7-11-17(15)23-14-8-4-3-5-9-14/h3-12H,1-2H3,(H,19,22). The monoisotopic (exact) mass is 307 g/mol. The number of amides is 1. The molecule has 1 heterocycles. The van der Waals surface area contributed by atoms with Crippen LogP contribution in [0.1, 0.15) is 16.2 Å². The van der Waals surface area contributed by atoms with Gasteiger partial charge in [-0.1, -0.05) is 30.3 Å².